The van der Waals surface area contributed by atoms with Crippen LogP contribution < -0.4 is 10.2 Å². The Balaban J connectivity index is 1.83. The van der Waals surface area contributed by atoms with Crippen LogP contribution in [0.2, 0.25) is 0 Å². The lowest BCUT2D eigenvalue weighted by Crippen LogP contribution is -2.47. The average Bonchev–Trinajstić information content (AvgIpc) is 2.74. The van der Waals surface area contributed by atoms with Gasteiger partial charge in [0.1, 0.15) is 6.04 Å². The van der Waals surface area contributed by atoms with E-state index in [0.717, 1.165) is 10.6 Å². The molecule has 0 saturated heterocycles. The molecular formula is C20H26N2O6S. The zero-order valence-corrected chi connectivity index (χ0v) is 17.6. The fraction of sp³-hybridized carbons (Fsp3) is 0.500. The van der Waals surface area contributed by atoms with Gasteiger partial charge in [-0.3, -0.25) is 14.4 Å². The highest BCUT2D eigenvalue weighted by atomic mass is 32.2. The van der Waals surface area contributed by atoms with Gasteiger partial charge in [-0.05, 0) is 18.1 Å². The second kappa shape index (κ2) is 10.8. The fourth-order valence-electron chi connectivity index (χ4n) is 2.83. The van der Waals surface area contributed by atoms with Crippen molar-refractivity contribution in [3.63, 3.8) is 0 Å². The number of hydrogen-bond donors (Lipinski definition) is 1. The number of anilines is 1. The molecule has 1 N–H and O–H groups in total. The molecule has 1 heterocycles. The van der Waals surface area contributed by atoms with Crippen LogP contribution in [-0.4, -0.2) is 55.8 Å². The van der Waals surface area contributed by atoms with Crippen LogP contribution in [0.1, 0.15) is 26.7 Å². The molecule has 1 aliphatic rings. The molecule has 0 unspecified atom stereocenters. The third kappa shape index (κ3) is 6.22. The second-order valence-electron chi connectivity index (χ2n) is 6.67. The Morgan fingerprint density at radius 1 is 1.28 bits per heavy atom. The van der Waals surface area contributed by atoms with Gasteiger partial charge in [0.05, 0.1) is 25.0 Å². The van der Waals surface area contributed by atoms with Crippen LogP contribution in [0.5, 0.6) is 0 Å². The topological polar surface area (TPSA) is 102 Å². The molecular weight excluding hydrogens is 396 g/mol. The number of amides is 2. The Labute approximate surface area is 174 Å². The number of methoxy groups -OCH3 is 1. The van der Waals surface area contributed by atoms with E-state index < -0.39 is 30.5 Å². The Bertz CT molecular complexity index is 769. The first-order chi connectivity index (χ1) is 13.9. The Hall–Kier alpha value is -2.55. The lowest BCUT2D eigenvalue weighted by molar-refractivity contribution is -0.150. The minimum absolute atomic E-state index is 0.0379. The van der Waals surface area contributed by atoms with Crippen molar-refractivity contribution < 1.29 is 28.7 Å². The lowest BCUT2D eigenvalue weighted by atomic mass is 9.99. The minimum Gasteiger partial charge on any atom is -0.467 e. The first-order valence-electron chi connectivity index (χ1n) is 9.42. The van der Waals surface area contributed by atoms with Gasteiger partial charge < -0.3 is 19.7 Å². The number of para-hydroxylation sites is 1. The van der Waals surface area contributed by atoms with Crippen molar-refractivity contribution in [1.29, 1.82) is 0 Å². The third-order valence-electron chi connectivity index (χ3n) is 4.70. The number of nitrogens with one attached hydrogen (secondary N) is 1. The standard InChI is InChI=1S/C20H26N2O6S/c1-4-13(2)19(20(26)27-3)21-16(23)11-28-18(25)9-10-22-14-7-5-6-8-15(14)29-12-17(22)24/h5-8,13,19H,4,9-12H2,1-3H3,(H,21,23)/t13-,19-/m1/s1. The zero-order chi connectivity index (χ0) is 21.4. The number of rotatable bonds is 9. The molecule has 2 amide bonds. The van der Waals surface area contributed by atoms with Crippen molar-refractivity contribution in [3.8, 4) is 0 Å². The van der Waals surface area contributed by atoms with Gasteiger partial charge in [-0.1, -0.05) is 32.4 Å². The predicted octanol–water partition coefficient (Wildman–Crippen LogP) is 1.76. The van der Waals surface area contributed by atoms with Crippen LogP contribution in [0, 0.1) is 5.92 Å². The first-order valence-corrected chi connectivity index (χ1v) is 10.4. The number of fused-ring (bicyclic) bond motifs is 1. The van der Waals surface area contributed by atoms with Gasteiger partial charge in [0.25, 0.3) is 5.91 Å². The SMILES string of the molecule is CC[C@@H](C)[C@@H](NC(=O)COC(=O)CCN1C(=O)CSc2ccccc21)C(=O)OC. The van der Waals surface area contributed by atoms with Gasteiger partial charge in [0, 0.05) is 11.4 Å². The molecule has 9 heteroatoms. The zero-order valence-electron chi connectivity index (χ0n) is 16.8. The predicted molar refractivity (Wildman–Crippen MR) is 108 cm³/mol. The van der Waals surface area contributed by atoms with E-state index >= 15 is 0 Å². The van der Waals surface area contributed by atoms with E-state index in [1.165, 1.54) is 18.9 Å². The van der Waals surface area contributed by atoms with Gasteiger partial charge in [-0.2, -0.15) is 0 Å². The third-order valence-corrected chi connectivity index (χ3v) is 5.74. The molecule has 8 nitrogen and oxygen atoms in total. The van der Waals surface area contributed by atoms with E-state index in [-0.39, 0.29) is 24.8 Å². The van der Waals surface area contributed by atoms with E-state index in [1.807, 2.05) is 38.1 Å². The van der Waals surface area contributed by atoms with Crippen LogP contribution in [0.3, 0.4) is 0 Å². The maximum absolute atomic E-state index is 12.2. The second-order valence-corrected chi connectivity index (χ2v) is 7.68. The molecule has 1 aromatic carbocycles. The molecule has 1 aliphatic heterocycles. The molecule has 158 valence electrons. The summed E-state index contributed by atoms with van der Waals surface area (Å²) in [6, 6.07) is 6.70. The number of ether oxygens (including phenoxy) is 2. The monoisotopic (exact) mass is 422 g/mol. The quantitative estimate of drug-likeness (QED) is 0.605. The maximum atomic E-state index is 12.2. The van der Waals surface area contributed by atoms with Crippen LogP contribution >= 0.6 is 11.8 Å². The van der Waals surface area contributed by atoms with Crippen LogP contribution in [-0.2, 0) is 28.7 Å². The van der Waals surface area contributed by atoms with Gasteiger partial charge in [-0.25, -0.2) is 4.79 Å². The van der Waals surface area contributed by atoms with Crippen LogP contribution in [0.15, 0.2) is 29.2 Å². The highest BCUT2D eigenvalue weighted by molar-refractivity contribution is 8.00. The minimum atomic E-state index is -0.795. The first kappa shape index (κ1) is 22.7. The van der Waals surface area contributed by atoms with Crippen molar-refractivity contribution >= 4 is 41.2 Å². The molecule has 2 atom stereocenters. The summed E-state index contributed by atoms with van der Waals surface area (Å²) in [5, 5.41) is 2.54. The normalized spacial score (nSPS) is 15.1. The molecule has 0 bridgehead atoms. The van der Waals surface area contributed by atoms with Crippen molar-refractivity contribution in [2.45, 2.75) is 37.6 Å². The lowest BCUT2D eigenvalue weighted by Gasteiger charge is -2.28. The van der Waals surface area contributed by atoms with Gasteiger partial charge >= 0.3 is 11.9 Å². The average molecular weight is 423 g/mol. The summed E-state index contributed by atoms with van der Waals surface area (Å²) in [6.07, 6.45) is 0.632. The number of carbonyl (C=O) groups excluding carboxylic acids is 4. The van der Waals surface area contributed by atoms with E-state index in [2.05, 4.69) is 5.32 Å². The number of hydrogen-bond acceptors (Lipinski definition) is 7. The molecule has 1 aromatic rings. The molecule has 0 spiro atoms. The van der Waals surface area contributed by atoms with Crippen molar-refractivity contribution in [2.24, 2.45) is 5.92 Å². The van der Waals surface area contributed by atoms with Gasteiger partial charge in [-0.15, -0.1) is 11.8 Å². The number of thioether (sulfide) groups is 1. The van der Waals surface area contributed by atoms with E-state index in [0.29, 0.717) is 12.2 Å². The van der Waals surface area contributed by atoms with E-state index in [4.69, 9.17) is 9.47 Å². The summed E-state index contributed by atoms with van der Waals surface area (Å²) in [4.78, 5) is 50.6. The number of esters is 2. The number of carbonyl (C=O) groups is 4. The Morgan fingerprint density at radius 3 is 2.69 bits per heavy atom. The maximum Gasteiger partial charge on any atom is 0.328 e. The van der Waals surface area contributed by atoms with Crippen molar-refractivity contribution in [2.75, 3.05) is 30.9 Å². The molecule has 29 heavy (non-hydrogen) atoms. The summed E-state index contributed by atoms with van der Waals surface area (Å²) >= 11 is 1.46. The van der Waals surface area contributed by atoms with Crippen molar-refractivity contribution in [3.05, 3.63) is 24.3 Å². The number of benzene rings is 1. The Kier molecular flexibility index (Phi) is 8.50. The van der Waals surface area contributed by atoms with Gasteiger partial charge in [0.2, 0.25) is 5.91 Å². The summed E-state index contributed by atoms with van der Waals surface area (Å²) in [5.41, 5.74) is 0.772. The largest absolute Gasteiger partial charge is 0.467 e. The molecule has 0 radical (unpaired) electrons. The number of nitrogens with zero attached hydrogens (tertiary/aromatic N) is 1. The van der Waals surface area contributed by atoms with Crippen LogP contribution in [0.25, 0.3) is 0 Å². The van der Waals surface area contributed by atoms with Crippen molar-refractivity contribution in [1.82, 2.24) is 5.32 Å². The Morgan fingerprint density at radius 2 is 2.00 bits per heavy atom. The molecule has 2 rings (SSSR count). The highest BCUT2D eigenvalue weighted by Gasteiger charge is 2.27. The smallest absolute Gasteiger partial charge is 0.328 e. The van der Waals surface area contributed by atoms with Crippen LogP contribution in [0.4, 0.5) is 5.69 Å². The molecule has 0 aliphatic carbocycles. The summed E-state index contributed by atoms with van der Waals surface area (Å²) in [7, 11) is 1.25. The summed E-state index contributed by atoms with van der Waals surface area (Å²) in [6.45, 7) is 3.39. The molecule has 0 saturated carbocycles. The van der Waals surface area contributed by atoms with E-state index in [1.54, 1.807) is 4.90 Å². The molecule has 0 fully saturated rings. The summed E-state index contributed by atoms with van der Waals surface area (Å²) in [5.74, 6) is -1.59. The summed E-state index contributed by atoms with van der Waals surface area (Å²) < 4.78 is 9.71. The highest BCUT2D eigenvalue weighted by Crippen LogP contribution is 2.34. The fourth-order valence-corrected chi connectivity index (χ4v) is 3.77. The van der Waals surface area contributed by atoms with E-state index in [9.17, 15) is 19.2 Å². The van der Waals surface area contributed by atoms with Gasteiger partial charge in [0.15, 0.2) is 6.61 Å². The molecule has 0 aromatic heterocycles.